The van der Waals surface area contributed by atoms with Gasteiger partial charge in [0, 0.05) is 5.57 Å². The highest BCUT2D eigenvalue weighted by molar-refractivity contribution is 5.85. The number of carboxylic acids is 1. The van der Waals surface area contributed by atoms with Gasteiger partial charge in [0.05, 0.1) is 6.61 Å². The molecule has 1 aromatic carbocycles. The highest BCUT2D eigenvalue weighted by Crippen LogP contribution is 2.11. The predicted octanol–water partition coefficient (Wildman–Crippen LogP) is 3.66. The first-order valence-electron chi connectivity index (χ1n) is 6.29. The summed E-state index contributed by atoms with van der Waals surface area (Å²) in [5.74, 6) is 0.0131. The molecule has 0 aliphatic rings. The van der Waals surface area contributed by atoms with Crippen LogP contribution in [0, 0.1) is 0 Å². The van der Waals surface area contributed by atoms with E-state index < -0.39 is 5.97 Å². The number of carbonyl (C=O) groups is 1. The lowest BCUT2D eigenvalue weighted by Crippen LogP contribution is -1.99. The lowest BCUT2D eigenvalue weighted by atomic mass is 10.1. The van der Waals surface area contributed by atoms with Crippen molar-refractivity contribution in [2.75, 3.05) is 6.61 Å². The number of aliphatic carboxylic acids is 1. The lowest BCUT2D eigenvalue weighted by molar-refractivity contribution is -0.132. The second-order valence-electron chi connectivity index (χ2n) is 4.23. The van der Waals surface area contributed by atoms with E-state index in [2.05, 4.69) is 6.58 Å². The fraction of sp³-hybridized carbons (Fsp3) is 0.400. The maximum absolute atomic E-state index is 10.5. The van der Waals surface area contributed by atoms with E-state index >= 15 is 0 Å². The summed E-state index contributed by atoms with van der Waals surface area (Å²) in [6, 6.07) is 9.75. The number of unbranched alkanes of at least 4 members (excludes halogenated alkanes) is 3. The van der Waals surface area contributed by atoms with E-state index in [9.17, 15) is 4.79 Å². The van der Waals surface area contributed by atoms with Crippen molar-refractivity contribution in [2.24, 2.45) is 0 Å². The molecule has 0 saturated carbocycles. The fourth-order valence-corrected chi connectivity index (χ4v) is 1.61. The minimum atomic E-state index is -0.887. The van der Waals surface area contributed by atoms with Crippen LogP contribution in [0.3, 0.4) is 0 Å². The van der Waals surface area contributed by atoms with Gasteiger partial charge in [-0.3, -0.25) is 0 Å². The van der Waals surface area contributed by atoms with Crippen molar-refractivity contribution in [1.29, 1.82) is 0 Å². The van der Waals surface area contributed by atoms with Gasteiger partial charge in [0.2, 0.25) is 0 Å². The summed E-state index contributed by atoms with van der Waals surface area (Å²) in [5.41, 5.74) is 0.301. The van der Waals surface area contributed by atoms with Crippen LogP contribution >= 0.6 is 0 Å². The molecule has 3 nitrogen and oxygen atoms in total. The summed E-state index contributed by atoms with van der Waals surface area (Å²) in [6.07, 6.45) is 4.53. The minimum Gasteiger partial charge on any atom is -0.494 e. The molecular weight excluding hydrogens is 228 g/mol. The van der Waals surface area contributed by atoms with E-state index in [4.69, 9.17) is 9.84 Å². The predicted molar refractivity (Wildman–Crippen MR) is 71.8 cm³/mol. The van der Waals surface area contributed by atoms with Crippen LogP contribution in [0.1, 0.15) is 32.1 Å². The van der Waals surface area contributed by atoms with Gasteiger partial charge in [-0.15, -0.1) is 0 Å². The molecule has 0 fully saturated rings. The molecule has 0 saturated heterocycles. The SMILES string of the molecule is C=C(CCCCCCOc1ccccc1)C(=O)O. The molecular formula is C15H20O3. The van der Waals surface area contributed by atoms with Crippen LogP contribution in [0.25, 0.3) is 0 Å². The Morgan fingerprint density at radius 1 is 1.11 bits per heavy atom. The van der Waals surface area contributed by atoms with E-state index in [1.54, 1.807) is 0 Å². The minimum absolute atomic E-state index is 0.301. The second kappa shape index (κ2) is 8.34. The molecule has 0 amide bonds. The second-order valence-corrected chi connectivity index (χ2v) is 4.23. The van der Waals surface area contributed by atoms with Gasteiger partial charge in [-0.2, -0.15) is 0 Å². The molecule has 18 heavy (non-hydrogen) atoms. The van der Waals surface area contributed by atoms with Gasteiger partial charge in [-0.25, -0.2) is 4.79 Å². The summed E-state index contributed by atoms with van der Waals surface area (Å²) in [7, 11) is 0. The molecule has 3 heteroatoms. The number of rotatable bonds is 9. The van der Waals surface area contributed by atoms with Gasteiger partial charge >= 0.3 is 5.97 Å². The molecule has 0 radical (unpaired) electrons. The number of ether oxygens (including phenoxy) is 1. The molecule has 0 atom stereocenters. The number of benzene rings is 1. The molecule has 1 rings (SSSR count). The molecule has 0 unspecified atom stereocenters. The van der Waals surface area contributed by atoms with E-state index in [0.717, 1.165) is 31.4 Å². The number of hydrogen-bond acceptors (Lipinski definition) is 2. The normalized spacial score (nSPS) is 10.0. The number of para-hydroxylation sites is 1. The molecule has 1 aromatic rings. The maximum Gasteiger partial charge on any atom is 0.330 e. The van der Waals surface area contributed by atoms with Crippen molar-refractivity contribution in [2.45, 2.75) is 32.1 Å². The average molecular weight is 248 g/mol. The zero-order valence-electron chi connectivity index (χ0n) is 10.6. The average Bonchev–Trinajstić information content (AvgIpc) is 2.38. The standard InChI is InChI=1S/C15H20O3/c1-13(15(16)17)9-5-2-3-8-12-18-14-10-6-4-7-11-14/h4,6-7,10-11H,1-3,5,8-9,12H2,(H,16,17). The van der Waals surface area contributed by atoms with Gasteiger partial charge in [0.1, 0.15) is 5.75 Å². The molecule has 0 heterocycles. The highest BCUT2D eigenvalue weighted by atomic mass is 16.5. The molecule has 1 N–H and O–H groups in total. The van der Waals surface area contributed by atoms with Crippen molar-refractivity contribution in [3.05, 3.63) is 42.5 Å². The quantitative estimate of drug-likeness (QED) is 0.536. The third-order valence-corrected chi connectivity index (χ3v) is 2.69. The zero-order valence-corrected chi connectivity index (χ0v) is 10.6. The maximum atomic E-state index is 10.5. The number of carboxylic acid groups (broad SMARTS) is 1. The van der Waals surface area contributed by atoms with Crippen molar-refractivity contribution in [3.8, 4) is 5.75 Å². The first-order chi connectivity index (χ1) is 8.70. The number of hydrogen-bond donors (Lipinski definition) is 1. The Morgan fingerprint density at radius 3 is 2.44 bits per heavy atom. The lowest BCUT2D eigenvalue weighted by Gasteiger charge is -2.05. The molecule has 0 spiro atoms. The van der Waals surface area contributed by atoms with Crippen molar-refractivity contribution in [1.82, 2.24) is 0 Å². The van der Waals surface area contributed by atoms with Crippen LogP contribution in [0.4, 0.5) is 0 Å². The molecule has 0 aliphatic carbocycles. The van der Waals surface area contributed by atoms with Gasteiger partial charge in [0.25, 0.3) is 0 Å². The van der Waals surface area contributed by atoms with E-state index in [1.807, 2.05) is 30.3 Å². The van der Waals surface area contributed by atoms with Crippen LogP contribution in [-0.4, -0.2) is 17.7 Å². The van der Waals surface area contributed by atoms with E-state index in [1.165, 1.54) is 0 Å². The topological polar surface area (TPSA) is 46.5 Å². The van der Waals surface area contributed by atoms with Gasteiger partial charge in [-0.1, -0.05) is 37.6 Å². The zero-order chi connectivity index (χ0) is 13.2. The van der Waals surface area contributed by atoms with E-state index in [-0.39, 0.29) is 0 Å². The Balaban J connectivity index is 1.96. The molecule has 0 bridgehead atoms. The first-order valence-corrected chi connectivity index (χ1v) is 6.29. The molecule has 98 valence electrons. The summed E-state index contributed by atoms with van der Waals surface area (Å²) in [4.78, 5) is 10.5. The smallest absolute Gasteiger partial charge is 0.330 e. The highest BCUT2D eigenvalue weighted by Gasteiger charge is 2.02. The van der Waals surface area contributed by atoms with Crippen LogP contribution in [0.2, 0.25) is 0 Å². The Labute approximate surface area is 108 Å². The first kappa shape index (κ1) is 14.3. The van der Waals surface area contributed by atoms with Gasteiger partial charge < -0.3 is 9.84 Å². The Kier molecular flexibility index (Phi) is 6.62. The van der Waals surface area contributed by atoms with Crippen molar-refractivity contribution in [3.63, 3.8) is 0 Å². The van der Waals surface area contributed by atoms with Crippen LogP contribution in [0.5, 0.6) is 5.75 Å². The summed E-state index contributed by atoms with van der Waals surface area (Å²) in [5, 5.41) is 8.63. The van der Waals surface area contributed by atoms with Gasteiger partial charge in [-0.05, 0) is 31.4 Å². The van der Waals surface area contributed by atoms with E-state index in [0.29, 0.717) is 18.6 Å². The Morgan fingerprint density at radius 2 is 1.78 bits per heavy atom. The largest absolute Gasteiger partial charge is 0.494 e. The molecule has 0 aromatic heterocycles. The molecule has 0 aliphatic heterocycles. The third-order valence-electron chi connectivity index (χ3n) is 2.69. The third kappa shape index (κ3) is 6.09. The Bertz CT molecular complexity index is 371. The van der Waals surface area contributed by atoms with Crippen LogP contribution in [-0.2, 0) is 4.79 Å². The monoisotopic (exact) mass is 248 g/mol. The Hall–Kier alpha value is -1.77. The summed E-state index contributed by atoms with van der Waals surface area (Å²) < 4.78 is 5.56. The summed E-state index contributed by atoms with van der Waals surface area (Å²) >= 11 is 0. The van der Waals surface area contributed by atoms with Crippen molar-refractivity contribution >= 4 is 5.97 Å². The van der Waals surface area contributed by atoms with Crippen LogP contribution in [0.15, 0.2) is 42.5 Å². The fourth-order valence-electron chi connectivity index (χ4n) is 1.61. The summed E-state index contributed by atoms with van der Waals surface area (Å²) in [6.45, 7) is 4.22. The van der Waals surface area contributed by atoms with Crippen molar-refractivity contribution < 1.29 is 14.6 Å². The van der Waals surface area contributed by atoms with Gasteiger partial charge in [0.15, 0.2) is 0 Å². The van der Waals surface area contributed by atoms with Crippen LogP contribution < -0.4 is 4.74 Å².